The van der Waals surface area contributed by atoms with Crippen LogP contribution in [0.4, 0.5) is 0 Å². The SMILES string of the molecule is [B]Cc1c([B])c([B])c(Cl)c([B])c1-c1c([B])nc(C(=O)N([B])C([B])([B])C(=O)O[B])c(O[B])c1[B]. The van der Waals surface area contributed by atoms with Gasteiger partial charge in [-0.05, 0) is 22.2 Å². The van der Waals surface area contributed by atoms with Gasteiger partial charge in [0.15, 0.2) is 5.69 Å². The fraction of sp³-hybridized carbons (Fsp3) is 0.133. The lowest BCUT2D eigenvalue weighted by molar-refractivity contribution is -0.136. The molecule has 2 rings (SSSR count). The summed E-state index contributed by atoms with van der Waals surface area (Å²) in [5, 5.41) is -2.81. The average molecular weight is 429 g/mol. The zero-order chi connectivity index (χ0) is 25.4. The van der Waals surface area contributed by atoms with Gasteiger partial charge in [0, 0.05) is 10.4 Å². The molecule has 0 aliphatic rings. The van der Waals surface area contributed by atoms with Gasteiger partial charge in [-0.1, -0.05) is 39.9 Å². The first-order valence-electron chi connectivity index (χ1n) is 8.66. The molecule has 1 aromatic carbocycles. The van der Waals surface area contributed by atoms with Gasteiger partial charge in [-0.3, -0.25) is 14.6 Å². The molecule has 6 nitrogen and oxygen atoms in total. The molecule has 0 spiro atoms. The van der Waals surface area contributed by atoms with Gasteiger partial charge in [0.05, 0.1) is 7.85 Å². The van der Waals surface area contributed by atoms with E-state index in [-0.39, 0.29) is 60.3 Å². The van der Waals surface area contributed by atoms with Crippen molar-refractivity contribution in [1.29, 1.82) is 0 Å². The van der Waals surface area contributed by atoms with Crippen LogP contribution in [0.1, 0.15) is 16.1 Å². The second kappa shape index (κ2) is 10.2. The van der Waals surface area contributed by atoms with Crippen molar-refractivity contribution in [2.75, 3.05) is 0 Å². The Labute approximate surface area is 211 Å². The molecule has 0 unspecified atom stereocenters. The number of amides is 1. The van der Waals surface area contributed by atoms with Crippen LogP contribution in [0, 0.1) is 0 Å². The van der Waals surface area contributed by atoms with E-state index in [1.54, 1.807) is 0 Å². The molecule has 0 fully saturated rings. The van der Waals surface area contributed by atoms with Crippen LogP contribution < -0.4 is 32.1 Å². The van der Waals surface area contributed by atoms with Gasteiger partial charge in [0.25, 0.3) is 11.9 Å². The van der Waals surface area contributed by atoms with Crippen LogP contribution in [0.5, 0.6) is 5.75 Å². The molecule has 0 atom stereocenters. The Hall–Kier alpha value is -1.89. The lowest BCUT2D eigenvalue weighted by Gasteiger charge is -2.35. The third-order valence-corrected chi connectivity index (χ3v) is 5.11. The van der Waals surface area contributed by atoms with Crippen molar-refractivity contribution >= 4 is 138 Å². The normalized spacial score (nSPS) is 11.1. The second-order valence-electron chi connectivity index (χ2n) is 6.60. The van der Waals surface area contributed by atoms with E-state index in [9.17, 15) is 9.59 Å². The first-order chi connectivity index (χ1) is 15.3. The highest BCUT2D eigenvalue weighted by atomic mass is 35.5. The Bertz CT molecular complexity index is 1150. The van der Waals surface area contributed by atoms with Gasteiger partial charge in [-0.2, -0.15) is 0 Å². The molecule has 1 aromatic heterocycles. The summed E-state index contributed by atoms with van der Waals surface area (Å²) in [5.41, 5.74) is -1.24. The zero-order valence-corrected chi connectivity index (χ0v) is 17.7. The van der Waals surface area contributed by atoms with Gasteiger partial charge < -0.3 is 14.1 Å². The van der Waals surface area contributed by atoms with E-state index in [0.29, 0.717) is 0 Å². The fourth-order valence-electron chi connectivity index (χ4n) is 2.94. The number of pyridine rings is 1. The molecule has 1 heterocycles. The molecule has 0 saturated carbocycles. The standard InChI is InChI=1S/C15H2B11ClN2O4/c16-1-2-3(6(18)9(27)8(20)5(2)17)4-7(19)11(32-25)10(28-12(4)21)13(30)29(24)15(22,23)14(31)33-26/h1H2. The van der Waals surface area contributed by atoms with E-state index in [1.165, 1.54) is 0 Å². The van der Waals surface area contributed by atoms with Crippen LogP contribution in [0.2, 0.25) is 5.02 Å². The highest BCUT2D eigenvalue weighted by molar-refractivity contribution is 6.61. The average Bonchev–Trinajstić information content (AvgIpc) is 2.78. The number of nitrogens with zero attached hydrogens (tertiary/aromatic N) is 2. The summed E-state index contributed by atoms with van der Waals surface area (Å²) in [6.45, 7) is 0. The molecule has 0 aliphatic carbocycles. The van der Waals surface area contributed by atoms with E-state index in [0.717, 1.165) is 0 Å². The molecular formula is C15H2B11ClN2O4. The number of hydrogen-bond acceptors (Lipinski definition) is 5. The van der Waals surface area contributed by atoms with E-state index < -0.39 is 28.7 Å². The first kappa shape index (κ1) is 27.4. The highest BCUT2D eigenvalue weighted by Gasteiger charge is 2.36. The van der Waals surface area contributed by atoms with E-state index in [4.69, 9.17) is 103 Å². The minimum absolute atomic E-state index is 0.0154. The van der Waals surface area contributed by atoms with Gasteiger partial charge in [0.1, 0.15) is 60.7 Å². The maximum atomic E-state index is 12.9. The van der Waals surface area contributed by atoms with Crippen molar-refractivity contribution in [3.05, 3.63) is 16.3 Å². The number of carbonyl (C=O) groups excluding carboxylic acids is 2. The van der Waals surface area contributed by atoms with E-state index in [1.807, 2.05) is 0 Å². The molecular weight excluding hydrogens is 427 g/mol. The van der Waals surface area contributed by atoms with Crippen LogP contribution in [0.3, 0.4) is 0 Å². The Balaban J connectivity index is 2.83. The maximum Gasteiger partial charge on any atom is 0.378 e. The monoisotopic (exact) mass is 430 g/mol. The summed E-state index contributed by atoms with van der Waals surface area (Å²) in [6.07, 6.45) is -0.161. The first-order valence-corrected chi connectivity index (χ1v) is 9.04. The largest absolute Gasteiger partial charge is 0.567 e. The van der Waals surface area contributed by atoms with Crippen molar-refractivity contribution in [3.8, 4) is 16.9 Å². The molecule has 0 bridgehead atoms. The van der Waals surface area contributed by atoms with Crippen molar-refractivity contribution < 1.29 is 18.9 Å². The molecule has 0 N–H and O–H groups in total. The molecule has 18 heteroatoms. The number of aromatic nitrogens is 1. The zero-order valence-electron chi connectivity index (χ0n) is 17.0. The Morgan fingerprint density at radius 2 is 1.55 bits per heavy atom. The Morgan fingerprint density at radius 3 is 2.03 bits per heavy atom. The van der Waals surface area contributed by atoms with Crippen molar-refractivity contribution in [2.45, 2.75) is 11.7 Å². The summed E-state index contributed by atoms with van der Waals surface area (Å²) < 4.78 is 8.66. The summed E-state index contributed by atoms with van der Waals surface area (Å²) >= 11 is 6.17. The summed E-state index contributed by atoms with van der Waals surface area (Å²) in [5.74, 6) is -3.29. The predicted octanol–water partition coefficient (Wildman–Crippen LogP) is -6.35. The topological polar surface area (TPSA) is 68.7 Å². The smallest absolute Gasteiger partial charge is 0.378 e. The van der Waals surface area contributed by atoms with Crippen molar-refractivity contribution in [3.63, 3.8) is 0 Å². The van der Waals surface area contributed by atoms with Crippen LogP contribution in [-0.2, 0) is 15.8 Å². The van der Waals surface area contributed by atoms with E-state index >= 15 is 0 Å². The van der Waals surface area contributed by atoms with Gasteiger partial charge in [0.2, 0.25) is 7.98 Å². The Kier molecular flexibility index (Phi) is 8.43. The summed E-state index contributed by atoms with van der Waals surface area (Å²) in [7, 11) is 62.7. The third kappa shape index (κ3) is 4.58. The molecule has 1 amide bonds. The van der Waals surface area contributed by atoms with E-state index in [2.05, 4.69) is 9.64 Å². The molecule has 0 saturated heterocycles. The van der Waals surface area contributed by atoms with Crippen LogP contribution >= 0.6 is 11.6 Å². The van der Waals surface area contributed by atoms with Crippen molar-refractivity contribution in [2.24, 2.45) is 0 Å². The minimum atomic E-state index is -2.71. The third-order valence-electron chi connectivity index (χ3n) is 4.70. The van der Waals surface area contributed by atoms with Gasteiger partial charge >= 0.3 is 16.1 Å². The Morgan fingerprint density at radius 1 is 0.970 bits per heavy atom. The quantitative estimate of drug-likeness (QED) is 0.428. The fourth-order valence-corrected chi connectivity index (χ4v) is 3.13. The number of hydrogen-bond donors (Lipinski definition) is 0. The number of rotatable bonds is 6. The minimum Gasteiger partial charge on any atom is -0.567 e. The predicted molar refractivity (Wildman–Crippen MR) is 135 cm³/mol. The molecule has 0 aliphatic heterocycles. The van der Waals surface area contributed by atoms with Crippen LogP contribution in [-0.4, -0.2) is 114 Å². The van der Waals surface area contributed by atoms with Crippen LogP contribution in [0.25, 0.3) is 11.1 Å². The molecule has 33 heavy (non-hydrogen) atoms. The maximum absolute atomic E-state index is 12.9. The number of halogens is 1. The highest BCUT2D eigenvalue weighted by Crippen LogP contribution is 2.25. The molecule has 22 radical (unpaired) electrons. The van der Waals surface area contributed by atoms with Gasteiger partial charge in [-0.15, -0.1) is 0 Å². The van der Waals surface area contributed by atoms with Gasteiger partial charge in [-0.25, -0.2) is 0 Å². The lowest BCUT2D eigenvalue weighted by atomic mass is 9.59. The number of benzene rings is 1. The molecule has 2 aromatic rings. The number of carbonyl (C=O) groups is 2. The molecule has 136 valence electrons. The lowest BCUT2D eigenvalue weighted by Crippen LogP contribution is -2.58. The summed E-state index contributed by atoms with van der Waals surface area (Å²) in [6, 6.07) is 0. The summed E-state index contributed by atoms with van der Waals surface area (Å²) in [4.78, 5) is 28.5. The van der Waals surface area contributed by atoms with Crippen molar-refractivity contribution in [1.82, 2.24) is 9.79 Å². The second-order valence-corrected chi connectivity index (χ2v) is 6.98. The van der Waals surface area contributed by atoms with Crippen LogP contribution in [0.15, 0.2) is 0 Å².